The third-order valence-electron chi connectivity index (χ3n) is 5.87. The molecule has 3 aliphatic rings. The third kappa shape index (κ3) is 2.62. The summed E-state index contributed by atoms with van der Waals surface area (Å²) in [6, 6.07) is 0. The molecule has 6 unspecified atom stereocenters. The van der Waals surface area contributed by atoms with Crippen molar-refractivity contribution >= 4 is 28.6 Å². The summed E-state index contributed by atoms with van der Waals surface area (Å²) in [5, 5.41) is 10.8. The molecule has 0 heterocycles. The number of aliphatic hydroxyl groups is 1. The predicted octanol–water partition coefficient (Wildman–Crippen LogP) is 3.46. The van der Waals surface area contributed by atoms with Crippen LogP contribution in [0, 0.1) is 17.8 Å². The smallest absolute Gasteiger partial charge is 0.322 e. The predicted molar refractivity (Wildman–Crippen MR) is 85.7 cm³/mol. The highest BCUT2D eigenvalue weighted by Gasteiger charge is 2.53. The Bertz CT molecular complexity index is 405. The minimum Gasteiger partial charge on any atom is -0.461 e. The highest BCUT2D eigenvalue weighted by atomic mass is 127. The molecule has 6 atom stereocenters. The van der Waals surface area contributed by atoms with E-state index >= 15 is 0 Å². The van der Waals surface area contributed by atoms with Crippen LogP contribution in [0.25, 0.3) is 0 Å². The molecule has 0 aliphatic heterocycles. The summed E-state index contributed by atoms with van der Waals surface area (Å²) in [6.07, 6.45) is 6.83. The lowest BCUT2D eigenvalue weighted by atomic mass is 9.55. The number of fused-ring (bicyclic) bond motifs is 2. The first-order valence-corrected chi connectivity index (χ1v) is 9.03. The number of carbonyl (C=O) groups excluding carboxylic acids is 1. The molecule has 0 aromatic carbocycles. The van der Waals surface area contributed by atoms with Crippen molar-refractivity contribution in [3.05, 3.63) is 0 Å². The Morgan fingerprint density at radius 1 is 1.40 bits per heavy atom. The minimum atomic E-state index is -0.566. The van der Waals surface area contributed by atoms with Crippen molar-refractivity contribution in [2.75, 3.05) is 0 Å². The van der Waals surface area contributed by atoms with E-state index in [1.54, 1.807) is 0 Å². The van der Waals surface area contributed by atoms with Crippen LogP contribution in [0.5, 0.6) is 0 Å². The normalized spacial score (nSPS) is 45.8. The lowest BCUT2D eigenvalue weighted by Gasteiger charge is -2.55. The number of hydrogen-bond donors (Lipinski definition) is 1. The SMILES string of the molecule is CCC(C)(I)C(=O)OC1CC2(O)CC3CCC1C(C3)C2. The van der Waals surface area contributed by atoms with Gasteiger partial charge >= 0.3 is 5.97 Å². The van der Waals surface area contributed by atoms with Crippen LogP contribution in [-0.4, -0.2) is 26.2 Å². The fraction of sp³-hybridized carbons (Fsp3) is 0.938. The van der Waals surface area contributed by atoms with Crippen molar-refractivity contribution in [3.63, 3.8) is 0 Å². The summed E-state index contributed by atoms with van der Waals surface area (Å²) in [4.78, 5) is 12.4. The molecule has 20 heavy (non-hydrogen) atoms. The van der Waals surface area contributed by atoms with E-state index in [0.717, 1.165) is 19.3 Å². The van der Waals surface area contributed by atoms with Crippen molar-refractivity contribution in [1.29, 1.82) is 0 Å². The van der Waals surface area contributed by atoms with Gasteiger partial charge in [0.1, 0.15) is 9.53 Å². The van der Waals surface area contributed by atoms with Gasteiger partial charge in [-0.25, -0.2) is 0 Å². The zero-order valence-corrected chi connectivity index (χ0v) is 14.6. The highest BCUT2D eigenvalue weighted by molar-refractivity contribution is 14.1. The van der Waals surface area contributed by atoms with Gasteiger partial charge in [-0.1, -0.05) is 29.5 Å². The average Bonchev–Trinajstić information content (AvgIpc) is 2.36. The molecule has 3 aliphatic carbocycles. The Hall–Kier alpha value is 0.160. The van der Waals surface area contributed by atoms with Crippen LogP contribution < -0.4 is 0 Å². The molecule has 114 valence electrons. The number of rotatable bonds is 3. The number of esters is 1. The molecule has 3 bridgehead atoms. The number of alkyl halides is 1. The van der Waals surface area contributed by atoms with Crippen LogP contribution >= 0.6 is 22.6 Å². The van der Waals surface area contributed by atoms with Crippen LogP contribution in [0.3, 0.4) is 0 Å². The van der Waals surface area contributed by atoms with Gasteiger partial charge in [0, 0.05) is 6.42 Å². The Morgan fingerprint density at radius 3 is 2.85 bits per heavy atom. The van der Waals surface area contributed by atoms with Gasteiger partial charge < -0.3 is 9.84 Å². The van der Waals surface area contributed by atoms with Gasteiger partial charge in [-0.05, 0) is 63.2 Å². The minimum absolute atomic E-state index is 0.0619. The fourth-order valence-electron chi connectivity index (χ4n) is 4.63. The van der Waals surface area contributed by atoms with Crippen LogP contribution in [0.15, 0.2) is 0 Å². The molecule has 0 aromatic heterocycles. The molecule has 1 N–H and O–H groups in total. The first-order chi connectivity index (χ1) is 9.33. The van der Waals surface area contributed by atoms with Gasteiger partial charge in [0.05, 0.1) is 5.60 Å². The lowest BCUT2D eigenvalue weighted by Crippen LogP contribution is -2.55. The summed E-state index contributed by atoms with van der Waals surface area (Å²) in [5.74, 6) is 1.66. The van der Waals surface area contributed by atoms with E-state index in [2.05, 4.69) is 22.6 Å². The summed E-state index contributed by atoms with van der Waals surface area (Å²) < 4.78 is 5.43. The third-order valence-corrected chi connectivity index (χ3v) is 7.07. The van der Waals surface area contributed by atoms with Gasteiger partial charge in [-0.3, -0.25) is 4.79 Å². The zero-order valence-electron chi connectivity index (χ0n) is 12.4. The van der Waals surface area contributed by atoms with Crippen LogP contribution in [-0.2, 0) is 9.53 Å². The second-order valence-corrected chi connectivity index (χ2v) is 9.82. The zero-order chi connectivity index (χ0) is 14.5. The van der Waals surface area contributed by atoms with Gasteiger partial charge in [0.15, 0.2) is 0 Å². The van der Waals surface area contributed by atoms with E-state index in [1.807, 2.05) is 13.8 Å². The first kappa shape index (κ1) is 15.1. The quantitative estimate of drug-likeness (QED) is 0.455. The maximum Gasteiger partial charge on any atom is 0.322 e. The summed E-state index contributed by atoms with van der Waals surface area (Å²) in [6.45, 7) is 3.95. The maximum atomic E-state index is 12.4. The Kier molecular flexibility index (Phi) is 3.85. The number of carbonyl (C=O) groups is 1. The molecule has 3 fully saturated rings. The van der Waals surface area contributed by atoms with E-state index in [1.165, 1.54) is 19.3 Å². The van der Waals surface area contributed by atoms with E-state index in [0.29, 0.717) is 24.2 Å². The molecule has 3 saturated carbocycles. The molecule has 0 aromatic rings. The molecule has 0 radical (unpaired) electrons. The molecule has 0 spiro atoms. The van der Waals surface area contributed by atoms with Crippen LogP contribution in [0.4, 0.5) is 0 Å². The molecule has 0 saturated heterocycles. The van der Waals surface area contributed by atoms with Crippen molar-refractivity contribution in [2.45, 2.75) is 73.9 Å². The second-order valence-electron chi connectivity index (χ2n) is 7.43. The van der Waals surface area contributed by atoms with E-state index in [-0.39, 0.29) is 12.1 Å². The maximum absolute atomic E-state index is 12.4. The molecule has 3 rings (SSSR count). The van der Waals surface area contributed by atoms with Gasteiger partial charge in [0.25, 0.3) is 0 Å². The van der Waals surface area contributed by atoms with Gasteiger partial charge in [0.2, 0.25) is 0 Å². The largest absolute Gasteiger partial charge is 0.461 e. The number of hydrogen-bond acceptors (Lipinski definition) is 3. The van der Waals surface area contributed by atoms with Crippen molar-refractivity contribution < 1.29 is 14.6 Å². The monoisotopic (exact) mass is 392 g/mol. The Morgan fingerprint density at radius 2 is 2.15 bits per heavy atom. The van der Waals surface area contributed by atoms with E-state index in [4.69, 9.17) is 4.74 Å². The molecule has 3 nitrogen and oxygen atoms in total. The highest BCUT2D eigenvalue weighted by Crippen LogP contribution is 2.55. The van der Waals surface area contributed by atoms with Crippen LogP contribution in [0.2, 0.25) is 0 Å². The van der Waals surface area contributed by atoms with Gasteiger partial charge in [-0.2, -0.15) is 0 Å². The first-order valence-electron chi connectivity index (χ1n) is 7.95. The molecular formula is C16H25IO3. The number of ether oxygens (including phenoxy) is 1. The summed E-state index contributed by atoms with van der Waals surface area (Å²) >= 11 is 2.19. The van der Waals surface area contributed by atoms with Crippen molar-refractivity contribution in [2.24, 2.45) is 17.8 Å². The fourth-order valence-corrected chi connectivity index (χ4v) is 4.76. The standard InChI is InChI=1S/C16H25IO3/c1-3-15(2,17)14(18)20-13-9-16(19)7-10-4-5-12(13)11(6-10)8-16/h10-13,19H,3-9H2,1-2H3. The Balaban J connectivity index is 1.75. The van der Waals surface area contributed by atoms with Crippen LogP contribution in [0.1, 0.15) is 58.8 Å². The average molecular weight is 392 g/mol. The van der Waals surface area contributed by atoms with E-state index in [9.17, 15) is 9.90 Å². The molecule has 0 amide bonds. The van der Waals surface area contributed by atoms with E-state index < -0.39 is 9.02 Å². The van der Waals surface area contributed by atoms with Gasteiger partial charge in [-0.15, -0.1) is 0 Å². The topological polar surface area (TPSA) is 46.5 Å². The second kappa shape index (κ2) is 5.11. The van der Waals surface area contributed by atoms with Crippen molar-refractivity contribution in [3.8, 4) is 0 Å². The molecular weight excluding hydrogens is 367 g/mol. The number of halogens is 1. The Labute approximate surface area is 135 Å². The molecule has 4 heteroatoms. The summed E-state index contributed by atoms with van der Waals surface area (Å²) in [5.41, 5.74) is -0.566. The summed E-state index contributed by atoms with van der Waals surface area (Å²) in [7, 11) is 0. The van der Waals surface area contributed by atoms with Crippen molar-refractivity contribution in [1.82, 2.24) is 0 Å². The lowest BCUT2D eigenvalue weighted by molar-refractivity contribution is -0.185.